The number of aromatic nitrogens is 2. The fourth-order valence-corrected chi connectivity index (χ4v) is 2.34. The zero-order chi connectivity index (χ0) is 12.2. The highest BCUT2D eigenvalue weighted by atomic mass is 16.4. The van der Waals surface area contributed by atoms with E-state index in [1.807, 2.05) is 18.2 Å². The van der Waals surface area contributed by atoms with Gasteiger partial charge in [-0.25, -0.2) is 0 Å². The van der Waals surface area contributed by atoms with E-state index in [1.165, 1.54) is 5.56 Å². The van der Waals surface area contributed by atoms with Crippen molar-refractivity contribution >= 4 is 0 Å². The van der Waals surface area contributed by atoms with Crippen molar-refractivity contribution in [2.45, 2.75) is 25.2 Å². The van der Waals surface area contributed by atoms with Crippen LogP contribution < -0.4 is 5.32 Å². The van der Waals surface area contributed by atoms with Gasteiger partial charge in [0.15, 0.2) is 0 Å². The van der Waals surface area contributed by atoms with Crippen molar-refractivity contribution in [2.75, 3.05) is 13.1 Å². The van der Waals surface area contributed by atoms with Gasteiger partial charge in [0.05, 0.1) is 6.42 Å². The maximum atomic E-state index is 5.78. The third kappa shape index (κ3) is 2.59. The second-order valence-corrected chi connectivity index (χ2v) is 4.72. The molecule has 3 rings (SSSR count). The lowest BCUT2D eigenvalue weighted by molar-refractivity contribution is 0.363. The van der Waals surface area contributed by atoms with Gasteiger partial charge in [-0.2, -0.15) is 0 Å². The molecule has 0 bridgehead atoms. The van der Waals surface area contributed by atoms with Crippen molar-refractivity contribution in [3.05, 3.63) is 47.7 Å². The standard InChI is InChI=1S/C14H17N3O/c1-2-4-11(5-3-1)10-13-16-17-14(18-13)12-6-8-15-9-7-12/h1-5,12,15H,6-10H2. The Bertz CT molecular complexity index is 489. The summed E-state index contributed by atoms with van der Waals surface area (Å²) >= 11 is 0. The lowest BCUT2D eigenvalue weighted by Crippen LogP contribution is -2.26. The van der Waals surface area contributed by atoms with Gasteiger partial charge in [-0.15, -0.1) is 10.2 Å². The van der Waals surface area contributed by atoms with E-state index in [-0.39, 0.29) is 0 Å². The molecule has 1 aromatic carbocycles. The summed E-state index contributed by atoms with van der Waals surface area (Å²) in [6.45, 7) is 2.09. The highest BCUT2D eigenvalue weighted by Crippen LogP contribution is 2.24. The summed E-state index contributed by atoms with van der Waals surface area (Å²) in [5.41, 5.74) is 1.21. The maximum Gasteiger partial charge on any atom is 0.220 e. The van der Waals surface area contributed by atoms with Crippen molar-refractivity contribution in [1.29, 1.82) is 0 Å². The van der Waals surface area contributed by atoms with Gasteiger partial charge in [0.1, 0.15) is 0 Å². The molecule has 18 heavy (non-hydrogen) atoms. The van der Waals surface area contributed by atoms with E-state index in [0.717, 1.165) is 44.1 Å². The number of piperidine rings is 1. The van der Waals surface area contributed by atoms with Crippen molar-refractivity contribution < 1.29 is 4.42 Å². The molecule has 94 valence electrons. The van der Waals surface area contributed by atoms with Gasteiger partial charge in [-0.1, -0.05) is 30.3 Å². The fraction of sp³-hybridized carbons (Fsp3) is 0.429. The molecular weight excluding hydrogens is 226 g/mol. The molecule has 1 fully saturated rings. The third-order valence-corrected chi connectivity index (χ3v) is 3.37. The van der Waals surface area contributed by atoms with Crippen LogP contribution in [-0.4, -0.2) is 23.3 Å². The van der Waals surface area contributed by atoms with E-state index in [2.05, 4.69) is 27.6 Å². The fourth-order valence-electron chi connectivity index (χ4n) is 2.34. The minimum atomic E-state index is 0.434. The third-order valence-electron chi connectivity index (χ3n) is 3.37. The van der Waals surface area contributed by atoms with Gasteiger partial charge in [0.25, 0.3) is 0 Å². The predicted octanol–water partition coefficient (Wildman–Crippen LogP) is 2.13. The Morgan fingerprint density at radius 1 is 1.11 bits per heavy atom. The maximum absolute atomic E-state index is 5.78. The molecule has 0 aliphatic carbocycles. The zero-order valence-corrected chi connectivity index (χ0v) is 10.3. The highest BCUT2D eigenvalue weighted by molar-refractivity contribution is 5.17. The zero-order valence-electron chi connectivity index (χ0n) is 10.3. The Hall–Kier alpha value is -1.68. The van der Waals surface area contributed by atoms with E-state index < -0.39 is 0 Å². The number of nitrogens with one attached hydrogen (secondary N) is 1. The number of benzene rings is 1. The Kier molecular flexibility index (Phi) is 3.37. The molecule has 1 saturated heterocycles. The second-order valence-electron chi connectivity index (χ2n) is 4.72. The van der Waals surface area contributed by atoms with Crippen LogP contribution in [0.4, 0.5) is 0 Å². The van der Waals surface area contributed by atoms with Crippen molar-refractivity contribution in [2.24, 2.45) is 0 Å². The van der Waals surface area contributed by atoms with Crippen LogP contribution in [0, 0.1) is 0 Å². The van der Waals surface area contributed by atoms with Crippen LogP contribution in [0.25, 0.3) is 0 Å². The van der Waals surface area contributed by atoms with E-state index in [9.17, 15) is 0 Å². The number of rotatable bonds is 3. The van der Waals surface area contributed by atoms with Crippen molar-refractivity contribution in [3.63, 3.8) is 0 Å². The van der Waals surface area contributed by atoms with E-state index in [0.29, 0.717) is 5.92 Å². The first-order valence-corrected chi connectivity index (χ1v) is 6.49. The van der Waals surface area contributed by atoms with Crippen molar-refractivity contribution in [3.8, 4) is 0 Å². The molecule has 0 radical (unpaired) electrons. The van der Waals surface area contributed by atoms with Crippen LogP contribution in [0.1, 0.15) is 36.1 Å². The van der Waals surface area contributed by atoms with Crippen LogP contribution >= 0.6 is 0 Å². The van der Waals surface area contributed by atoms with E-state index in [1.54, 1.807) is 0 Å². The summed E-state index contributed by atoms with van der Waals surface area (Å²) in [7, 11) is 0. The smallest absolute Gasteiger partial charge is 0.220 e. The van der Waals surface area contributed by atoms with Crippen LogP contribution in [0.3, 0.4) is 0 Å². The van der Waals surface area contributed by atoms with Crippen molar-refractivity contribution in [1.82, 2.24) is 15.5 Å². The first kappa shape index (κ1) is 11.4. The van der Waals surface area contributed by atoms with Gasteiger partial charge in [-0.3, -0.25) is 0 Å². The average molecular weight is 243 g/mol. The molecule has 0 amide bonds. The Morgan fingerprint density at radius 3 is 2.67 bits per heavy atom. The minimum absolute atomic E-state index is 0.434. The summed E-state index contributed by atoms with van der Waals surface area (Å²) < 4.78 is 5.78. The number of nitrogens with zero attached hydrogens (tertiary/aromatic N) is 2. The summed E-state index contributed by atoms with van der Waals surface area (Å²) in [4.78, 5) is 0. The summed E-state index contributed by atoms with van der Waals surface area (Å²) in [6, 6.07) is 10.2. The number of hydrogen-bond acceptors (Lipinski definition) is 4. The summed E-state index contributed by atoms with van der Waals surface area (Å²) in [5, 5.41) is 11.7. The second kappa shape index (κ2) is 5.31. The number of hydrogen-bond donors (Lipinski definition) is 1. The molecule has 0 spiro atoms. The first-order chi connectivity index (χ1) is 8.92. The monoisotopic (exact) mass is 243 g/mol. The molecule has 1 N–H and O–H groups in total. The molecule has 2 heterocycles. The van der Waals surface area contributed by atoms with Crippen LogP contribution in [0.5, 0.6) is 0 Å². The molecule has 2 aromatic rings. The molecule has 4 nitrogen and oxygen atoms in total. The molecule has 4 heteroatoms. The summed E-state index contributed by atoms with van der Waals surface area (Å²) in [6.07, 6.45) is 2.90. The summed E-state index contributed by atoms with van der Waals surface area (Å²) in [5.74, 6) is 1.96. The van der Waals surface area contributed by atoms with E-state index >= 15 is 0 Å². The van der Waals surface area contributed by atoms with Crippen LogP contribution in [0.2, 0.25) is 0 Å². The largest absolute Gasteiger partial charge is 0.425 e. The van der Waals surface area contributed by atoms with Crippen LogP contribution in [0.15, 0.2) is 34.7 Å². The highest BCUT2D eigenvalue weighted by Gasteiger charge is 2.20. The molecule has 0 unspecified atom stereocenters. The molecule has 0 saturated carbocycles. The predicted molar refractivity (Wildman–Crippen MR) is 68.4 cm³/mol. The topological polar surface area (TPSA) is 51.0 Å². The Balaban J connectivity index is 1.69. The molecule has 1 aliphatic heterocycles. The normalized spacial score (nSPS) is 16.9. The molecule has 0 atom stereocenters. The molecule has 1 aliphatic rings. The SMILES string of the molecule is c1ccc(Cc2nnc(C3CCNCC3)o2)cc1. The lowest BCUT2D eigenvalue weighted by atomic mass is 9.98. The first-order valence-electron chi connectivity index (χ1n) is 6.49. The minimum Gasteiger partial charge on any atom is -0.425 e. The molecular formula is C14H17N3O. The van der Waals surface area contributed by atoms with Gasteiger partial charge in [0, 0.05) is 5.92 Å². The lowest BCUT2D eigenvalue weighted by Gasteiger charge is -2.18. The molecule has 1 aromatic heterocycles. The Labute approximate surface area is 106 Å². The quantitative estimate of drug-likeness (QED) is 0.897. The van der Waals surface area contributed by atoms with E-state index in [4.69, 9.17) is 4.42 Å². The van der Waals surface area contributed by atoms with Crippen LogP contribution in [-0.2, 0) is 6.42 Å². The Morgan fingerprint density at radius 2 is 1.89 bits per heavy atom. The van der Waals surface area contributed by atoms with Gasteiger partial charge >= 0.3 is 0 Å². The van der Waals surface area contributed by atoms with Gasteiger partial charge in [-0.05, 0) is 31.5 Å². The van der Waals surface area contributed by atoms with Gasteiger partial charge in [0.2, 0.25) is 11.8 Å². The average Bonchev–Trinajstić information content (AvgIpc) is 2.89. The van der Waals surface area contributed by atoms with Gasteiger partial charge < -0.3 is 9.73 Å².